The highest BCUT2D eigenvalue weighted by Gasteiger charge is 2.43. The molecule has 0 rings (SSSR count). The van der Waals surface area contributed by atoms with E-state index in [1.807, 2.05) is 0 Å². The van der Waals surface area contributed by atoms with Crippen LogP contribution in [0.1, 0.15) is 47.5 Å². The van der Waals surface area contributed by atoms with Gasteiger partial charge in [0.2, 0.25) is 0 Å². The minimum absolute atomic E-state index is 0.00667. The lowest BCUT2D eigenvalue weighted by molar-refractivity contribution is -0.177. The molecule has 0 aliphatic carbocycles. The van der Waals surface area contributed by atoms with Gasteiger partial charge in [0, 0.05) is 0 Å². The lowest BCUT2D eigenvalue weighted by atomic mass is 9.95. The van der Waals surface area contributed by atoms with Crippen LogP contribution in [0.25, 0.3) is 0 Å². The fourth-order valence-electron chi connectivity index (χ4n) is 1.73. The van der Waals surface area contributed by atoms with Gasteiger partial charge in [0.05, 0.1) is 58.1 Å². The minimum Gasteiger partial charge on any atom is -0.466 e. The third-order valence-corrected chi connectivity index (χ3v) is 3.02. The summed E-state index contributed by atoms with van der Waals surface area (Å²) in [6.07, 6.45) is -1.92. The molecular formula is C18H34O10. The number of ether oxygens (including phenoxy) is 4. The van der Waals surface area contributed by atoms with Crippen molar-refractivity contribution in [2.75, 3.05) is 33.0 Å². The molecule has 0 aliphatic heterocycles. The third kappa shape index (κ3) is 14.3. The quantitative estimate of drug-likeness (QED) is 0.295. The molecule has 166 valence electrons. The highest BCUT2D eigenvalue weighted by atomic mass is 16.6. The molecular weight excluding hydrogens is 376 g/mol. The molecule has 0 aliphatic rings. The van der Waals surface area contributed by atoms with Crippen molar-refractivity contribution in [3.05, 3.63) is 0 Å². The Kier molecular flexibility index (Phi) is 16.5. The van der Waals surface area contributed by atoms with E-state index in [2.05, 4.69) is 14.2 Å². The summed E-state index contributed by atoms with van der Waals surface area (Å²) in [5.74, 6) is -2.62. The van der Waals surface area contributed by atoms with Crippen molar-refractivity contribution in [2.24, 2.45) is 0 Å². The lowest BCUT2D eigenvalue weighted by Gasteiger charge is -2.23. The average Bonchev–Trinajstić information content (AvgIpc) is 2.60. The number of aliphatic hydroxyl groups excluding tert-OH is 2. The minimum atomic E-state index is -2.26. The predicted octanol–water partition coefficient (Wildman–Crippen LogP) is -0.0484. The summed E-state index contributed by atoms with van der Waals surface area (Å²) in [7, 11) is 0. The summed E-state index contributed by atoms with van der Waals surface area (Å²) in [5.41, 5.74) is -2.26. The smallest absolute Gasteiger partial charge is 0.339 e. The second-order valence-electron chi connectivity index (χ2n) is 5.89. The third-order valence-electron chi connectivity index (χ3n) is 3.02. The first-order valence-corrected chi connectivity index (χ1v) is 9.17. The summed E-state index contributed by atoms with van der Waals surface area (Å²) < 4.78 is 18.9. The van der Waals surface area contributed by atoms with E-state index in [0.717, 1.165) is 0 Å². The van der Waals surface area contributed by atoms with Crippen LogP contribution in [0.2, 0.25) is 0 Å². The van der Waals surface area contributed by atoms with E-state index in [9.17, 15) is 19.5 Å². The van der Waals surface area contributed by atoms with Gasteiger partial charge >= 0.3 is 17.9 Å². The zero-order valence-corrected chi connectivity index (χ0v) is 17.3. The summed E-state index contributed by atoms with van der Waals surface area (Å²) >= 11 is 0. The molecule has 0 amide bonds. The van der Waals surface area contributed by atoms with E-state index in [4.69, 9.17) is 14.9 Å². The summed E-state index contributed by atoms with van der Waals surface area (Å²) in [6.45, 7) is 8.66. The molecule has 2 unspecified atom stereocenters. The molecule has 3 N–H and O–H groups in total. The first-order chi connectivity index (χ1) is 13.1. The molecule has 2 atom stereocenters. The van der Waals surface area contributed by atoms with Crippen molar-refractivity contribution >= 4 is 17.9 Å². The first kappa shape index (κ1) is 28.5. The highest BCUT2D eigenvalue weighted by molar-refractivity contribution is 5.90. The zero-order valence-electron chi connectivity index (χ0n) is 17.3. The van der Waals surface area contributed by atoms with Crippen molar-refractivity contribution in [2.45, 2.75) is 65.3 Å². The molecule has 0 radical (unpaired) electrons. The fraction of sp³-hybridized carbons (Fsp3) is 0.833. The molecule has 0 fully saturated rings. The van der Waals surface area contributed by atoms with Gasteiger partial charge in [0.1, 0.15) is 0 Å². The Bertz CT molecular complexity index is 430. The van der Waals surface area contributed by atoms with Gasteiger partial charge in [-0.1, -0.05) is 0 Å². The molecule has 0 heterocycles. The molecule has 0 spiro atoms. The van der Waals surface area contributed by atoms with Crippen LogP contribution < -0.4 is 0 Å². The van der Waals surface area contributed by atoms with Crippen LogP contribution >= 0.6 is 0 Å². The molecule has 0 saturated heterocycles. The number of hydrogen-bond acceptors (Lipinski definition) is 10. The average molecular weight is 410 g/mol. The molecule has 0 aromatic heterocycles. The standard InChI is InChI=1S/C12H20O7.C6H14O3/c1-4-17-9(13)7-12(16,11(15)19-6-3)8-10(14)18-5-2;1-5(8)4-9-6(2)3-7/h16H,4-8H2,1-3H3;5-8H,3-4H2,1-2H3. The van der Waals surface area contributed by atoms with Crippen LogP contribution in [0.15, 0.2) is 0 Å². The molecule has 0 aromatic rings. The monoisotopic (exact) mass is 410 g/mol. The van der Waals surface area contributed by atoms with Gasteiger partial charge in [-0.15, -0.1) is 0 Å². The molecule has 10 heteroatoms. The topological polar surface area (TPSA) is 149 Å². The number of aliphatic hydroxyl groups is 3. The summed E-state index contributed by atoms with van der Waals surface area (Å²) in [6, 6.07) is 0. The molecule has 28 heavy (non-hydrogen) atoms. The Balaban J connectivity index is 0. The number of carbonyl (C=O) groups excluding carboxylic acids is 3. The van der Waals surface area contributed by atoms with Crippen molar-refractivity contribution in [1.82, 2.24) is 0 Å². The maximum Gasteiger partial charge on any atom is 0.339 e. The molecule has 10 nitrogen and oxygen atoms in total. The van der Waals surface area contributed by atoms with Crippen LogP contribution in [-0.4, -0.2) is 84.1 Å². The van der Waals surface area contributed by atoms with Gasteiger partial charge in [0.25, 0.3) is 0 Å². The number of carbonyl (C=O) groups is 3. The Labute approximate surface area is 165 Å². The van der Waals surface area contributed by atoms with Gasteiger partial charge in [0.15, 0.2) is 5.60 Å². The van der Waals surface area contributed by atoms with E-state index in [-0.39, 0.29) is 32.5 Å². The van der Waals surface area contributed by atoms with E-state index >= 15 is 0 Å². The molecule has 0 saturated carbocycles. The van der Waals surface area contributed by atoms with Crippen LogP contribution in [0.3, 0.4) is 0 Å². The number of rotatable bonds is 12. The van der Waals surface area contributed by atoms with Gasteiger partial charge in [-0.2, -0.15) is 0 Å². The number of hydrogen-bond donors (Lipinski definition) is 3. The van der Waals surface area contributed by atoms with Crippen molar-refractivity contribution in [3.8, 4) is 0 Å². The predicted molar refractivity (Wildman–Crippen MR) is 98.3 cm³/mol. The normalized spacial score (nSPS) is 12.9. The largest absolute Gasteiger partial charge is 0.466 e. The first-order valence-electron chi connectivity index (χ1n) is 9.17. The van der Waals surface area contributed by atoms with Crippen LogP contribution in [-0.2, 0) is 33.3 Å². The Morgan fingerprint density at radius 3 is 1.64 bits per heavy atom. The van der Waals surface area contributed by atoms with E-state index < -0.39 is 42.5 Å². The van der Waals surface area contributed by atoms with Gasteiger partial charge < -0.3 is 34.3 Å². The Morgan fingerprint density at radius 2 is 1.32 bits per heavy atom. The van der Waals surface area contributed by atoms with Crippen LogP contribution in [0, 0.1) is 0 Å². The maximum absolute atomic E-state index is 11.7. The van der Waals surface area contributed by atoms with Gasteiger partial charge in [-0.25, -0.2) is 4.79 Å². The second kappa shape index (κ2) is 16.2. The van der Waals surface area contributed by atoms with Gasteiger partial charge in [-0.3, -0.25) is 9.59 Å². The second-order valence-corrected chi connectivity index (χ2v) is 5.89. The van der Waals surface area contributed by atoms with E-state index in [0.29, 0.717) is 6.61 Å². The van der Waals surface area contributed by atoms with Gasteiger partial charge in [-0.05, 0) is 34.6 Å². The van der Waals surface area contributed by atoms with Crippen LogP contribution in [0.4, 0.5) is 0 Å². The molecule has 0 aromatic carbocycles. The van der Waals surface area contributed by atoms with Crippen molar-refractivity contribution < 1.29 is 48.7 Å². The van der Waals surface area contributed by atoms with Crippen molar-refractivity contribution in [3.63, 3.8) is 0 Å². The van der Waals surface area contributed by atoms with Crippen LogP contribution in [0.5, 0.6) is 0 Å². The Hall–Kier alpha value is -1.75. The molecule has 0 bridgehead atoms. The Morgan fingerprint density at radius 1 is 0.893 bits per heavy atom. The summed E-state index contributed by atoms with van der Waals surface area (Å²) in [4.78, 5) is 34.4. The lowest BCUT2D eigenvalue weighted by Crippen LogP contribution is -2.44. The number of esters is 3. The SMILES string of the molecule is CC(O)COC(C)CO.CCOC(=O)CC(O)(CC(=O)OCC)C(=O)OCC. The highest BCUT2D eigenvalue weighted by Crippen LogP contribution is 2.19. The van der Waals surface area contributed by atoms with E-state index in [1.165, 1.54) is 0 Å². The van der Waals surface area contributed by atoms with E-state index in [1.54, 1.807) is 34.6 Å². The zero-order chi connectivity index (χ0) is 22.2. The maximum atomic E-state index is 11.7. The van der Waals surface area contributed by atoms with Crippen molar-refractivity contribution in [1.29, 1.82) is 0 Å². The fourth-order valence-corrected chi connectivity index (χ4v) is 1.73. The summed E-state index contributed by atoms with van der Waals surface area (Å²) in [5, 5.41) is 27.3.